The summed E-state index contributed by atoms with van der Waals surface area (Å²) in [5.41, 5.74) is 2.26. The zero-order valence-electron chi connectivity index (χ0n) is 10.8. The summed E-state index contributed by atoms with van der Waals surface area (Å²) >= 11 is 0. The number of carboxylic acid groups (broad SMARTS) is 1. The van der Waals surface area contributed by atoms with E-state index in [2.05, 4.69) is 4.98 Å². The molecule has 0 amide bonds. The number of aromatic nitrogens is 1. The first-order valence-electron chi connectivity index (χ1n) is 6.11. The largest absolute Gasteiger partial charge is 0.478 e. The van der Waals surface area contributed by atoms with Crippen molar-refractivity contribution in [2.45, 2.75) is 6.42 Å². The fourth-order valence-corrected chi connectivity index (χ4v) is 1.95. The van der Waals surface area contributed by atoms with Crippen molar-refractivity contribution in [1.29, 1.82) is 0 Å². The normalized spacial score (nSPS) is 10.2. The van der Waals surface area contributed by atoms with Crippen LogP contribution in [0.2, 0.25) is 0 Å². The van der Waals surface area contributed by atoms with Crippen LogP contribution in [-0.4, -0.2) is 29.7 Å². The van der Waals surface area contributed by atoms with Crippen LogP contribution < -0.4 is 4.90 Å². The van der Waals surface area contributed by atoms with E-state index in [-0.39, 0.29) is 0 Å². The van der Waals surface area contributed by atoms with E-state index in [9.17, 15) is 4.79 Å². The maximum absolute atomic E-state index is 11.2. The molecular weight excluding hydrogens is 240 g/mol. The van der Waals surface area contributed by atoms with Crippen molar-refractivity contribution in [2.75, 3.05) is 18.5 Å². The molecule has 1 N–H and O–H groups in total. The molecule has 19 heavy (non-hydrogen) atoms. The quantitative estimate of drug-likeness (QED) is 0.892. The van der Waals surface area contributed by atoms with Gasteiger partial charge in [-0.3, -0.25) is 4.98 Å². The third-order valence-electron chi connectivity index (χ3n) is 3.03. The number of pyridine rings is 1. The van der Waals surface area contributed by atoms with E-state index in [1.807, 2.05) is 36.2 Å². The standard InChI is InChI=1S/C15H16N2O2/c1-17(11-8-12-6-9-16-10-7-12)14-5-3-2-4-13(14)15(18)19/h2-7,9-10H,8,11H2,1H3,(H,18,19). The van der Waals surface area contributed by atoms with Crippen molar-refractivity contribution in [3.05, 3.63) is 59.9 Å². The van der Waals surface area contributed by atoms with Gasteiger partial charge in [-0.1, -0.05) is 12.1 Å². The maximum Gasteiger partial charge on any atom is 0.337 e. The molecule has 0 radical (unpaired) electrons. The Kier molecular flexibility index (Phi) is 4.13. The minimum absolute atomic E-state index is 0.333. The number of hydrogen-bond acceptors (Lipinski definition) is 3. The Bertz CT molecular complexity index is 555. The van der Waals surface area contributed by atoms with Gasteiger partial charge in [-0.15, -0.1) is 0 Å². The summed E-state index contributed by atoms with van der Waals surface area (Å²) < 4.78 is 0. The average Bonchev–Trinajstić information content (AvgIpc) is 2.46. The molecule has 4 nitrogen and oxygen atoms in total. The highest BCUT2D eigenvalue weighted by Crippen LogP contribution is 2.19. The summed E-state index contributed by atoms with van der Waals surface area (Å²) in [5.74, 6) is -0.897. The molecule has 2 aromatic rings. The number of hydrogen-bond donors (Lipinski definition) is 1. The van der Waals surface area contributed by atoms with Crippen molar-refractivity contribution < 1.29 is 9.90 Å². The summed E-state index contributed by atoms with van der Waals surface area (Å²) in [6.07, 6.45) is 4.38. The zero-order valence-corrected chi connectivity index (χ0v) is 10.8. The molecule has 1 heterocycles. The molecule has 0 spiro atoms. The Morgan fingerprint density at radius 2 is 1.89 bits per heavy atom. The molecule has 0 bridgehead atoms. The monoisotopic (exact) mass is 256 g/mol. The van der Waals surface area contributed by atoms with E-state index in [0.29, 0.717) is 5.56 Å². The first kappa shape index (κ1) is 13.1. The lowest BCUT2D eigenvalue weighted by atomic mass is 10.1. The summed E-state index contributed by atoms with van der Waals surface area (Å²) in [5, 5.41) is 9.16. The number of nitrogens with zero attached hydrogens (tertiary/aromatic N) is 2. The minimum atomic E-state index is -0.897. The van der Waals surface area contributed by atoms with Gasteiger partial charge in [0.2, 0.25) is 0 Å². The van der Waals surface area contributed by atoms with Crippen molar-refractivity contribution in [3.63, 3.8) is 0 Å². The second-order valence-corrected chi connectivity index (χ2v) is 4.35. The number of para-hydroxylation sites is 1. The van der Waals surface area contributed by atoms with Crippen LogP contribution in [0.4, 0.5) is 5.69 Å². The summed E-state index contributed by atoms with van der Waals surface area (Å²) in [6.45, 7) is 0.758. The average molecular weight is 256 g/mol. The Morgan fingerprint density at radius 1 is 1.21 bits per heavy atom. The molecule has 0 aliphatic rings. The summed E-state index contributed by atoms with van der Waals surface area (Å²) in [6, 6.07) is 11.0. The SMILES string of the molecule is CN(CCc1ccncc1)c1ccccc1C(=O)O. The molecule has 4 heteroatoms. The van der Waals surface area contributed by atoms with Crippen LogP contribution in [0.3, 0.4) is 0 Å². The van der Waals surface area contributed by atoms with Gasteiger partial charge in [0.05, 0.1) is 11.3 Å². The Labute approximate surface area is 112 Å². The molecule has 0 saturated heterocycles. The van der Waals surface area contributed by atoms with Crippen molar-refractivity contribution in [2.24, 2.45) is 0 Å². The smallest absolute Gasteiger partial charge is 0.337 e. The topological polar surface area (TPSA) is 53.4 Å². The second-order valence-electron chi connectivity index (χ2n) is 4.35. The summed E-state index contributed by atoms with van der Waals surface area (Å²) in [4.78, 5) is 17.1. The van der Waals surface area contributed by atoms with Gasteiger partial charge in [0, 0.05) is 26.0 Å². The summed E-state index contributed by atoms with van der Waals surface area (Å²) in [7, 11) is 1.91. The molecule has 0 aliphatic heterocycles. The Morgan fingerprint density at radius 3 is 2.58 bits per heavy atom. The van der Waals surface area contributed by atoms with Gasteiger partial charge in [-0.2, -0.15) is 0 Å². The first-order chi connectivity index (χ1) is 9.18. The van der Waals surface area contributed by atoms with Gasteiger partial charge in [-0.05, 0) is 36.2 Å². The molecule has 1 aromatic heterocycles. The van der Waals surface area contributed by atoms with Gasteiger partial charge in [0.15, 0.2) is 0 Å². The van der Waals surface area contributed by atoms with Crippen LogP contribution in [0, 0.1) is 0 Å². The number of rotatable bonds is 5. The van der Waals surface area contributed by atoms with Gasteiger partial charge < -0.3 is 10.0 Å². The first-order valence-corrected chi connectivity index (χ1v) is 6.11. The van der Waals surface area contributed by atoms with E-state index in [1.165, 1.54) is 5.56 Å². The number of carbonyl (C=O) groups is 1. The van der Waals surface area contributed by atoms with Crippen LogP contribution in [0.1, 0.15) is 15.9 Å². The molecule has 1 aromatic carbocycles. The fraction of sp³-hybridized carbons (Fsp3) is 0.200. The van der Waals surface area contributed by atoms with E-state index in [4.69, 9.17) is 5.11 Å². The van der Waals surface area contributed by atoms with E-state index < -0.39 is 5.97 Å². The van der Waals surface area contributed by atoms with Crippen LogP contribution in [0.25, 0.3) is 0 Å². The third-order valence-corrected chi connectivity index (χ3v) is 3.03. The van der Waals surface area contributed by atoms with Crippen LogP contribution in [-0.2, 0) is 6.42 Å². The molecule has 0 saturated carbocycles. The van der Waals surface area contributed by atoms with Crippen LogP contribution in [0.15, 0.2) is 48.8 Å². The van der Waals surface area contributed by atoms with E-state index in [0.717, 1.165) is 18.7 Å². The molecule has 0 atom stereocenters. The van der Waals surface area contributed by atoms with E-state index >= 15 is 0 Å². The highest BCUT2D eigenvalue weighted by Gasteiger charge is 2.12. The molecule has 0 aliphatic carbocycles. The van der Waals surface area contributed by atoms with Crippen molar-refractivity contribution in [3.8, 4) is 0 Å². The van der Waals surface area contributed by atoms with Gasteiger partial charge in [0.25, 0.3) is 0 Å². The lowest BCUT2D eigenvalue weighted by molar-refractivity contribution is 0.0697. The fourth-order valence-electron chi connectivity index (χ4n) is 1.95. The number of benzene rings is 1. The number of carboxylic acids is 1. The maximum atomic E-state index is 11.2. The molecular formula is C15H16N2O2. The second kappa shape index (κ2) is 6.00. The van der Waals surface area contributed by atoms with Crippen LogP contribution >= 0.6 is 0 Å². The van der Waals surface area contributed by atoms with Crippen molar-refractivity contribution >= 4 is 11.7 Å². The molecule has 0 fully saturated rings. The van der Waals surface area contributed by atoms with E-state index in [1.54, 1.807) is 24.5 Å². The Balaban J connectivity index is 2.08. The van der Waals surface area contributed by atoms with Gasteiger partial charge in [0.1, 0.15) is 0 Å². The van der Waals surface area contributed by atoms with Gasteiger partial charge in [-0.25, -0.2) is 4.79 Å². The zero-order chi connectivity index (χ0) is 13.7. The highest BCUT2D eigenvalue weighted by atomic mass is 16.4. The minimum Gasteiger partial charge on any atom is -0.478 e. The molecule has 2 rings (SSSR count). The predicted molar refractivity (Wildman–Crippen MR) is 74.6 cm³/mol. The lowest BCUT2D eigenvalue weighted by Crippen LogP contribution is -2.22. The van der Waals surface area contributed by atoms with Crippen molar-refractivity contribution in [1.82, 2.24) is 4.98 Å². The predicted octanol–water partition coefficient (Wildman–Crippen LogP) is 2.46. The third kappa shape index (κ3) is 3.31. The highest BCUT2D eigenvalue weighted by molar-refractivity contribution is 5.94. The number of aromatic carboxylic acids is 1. The number of anilines is 1. The molecule has 98 valence electrons. The number of likely N-dealkylation sites (N-methyl/N-ethyl adjacent to an activating group) is 1. The lowest BCUT2D eigenvalue weighted by Gasteiger charge is -2.21. The van der Waals surface area contributed by atoms with Crippen LogP contribution in [0.5, 0.6) is 0 Å². The molecule has 0 unspecified atom stereocenters. The van der Waals surface area contributed by atoms with Gasteiger partial charge >= 0.3 is 5.97 Å². The Hall–Kier alpha value is -2.36.